The Morgan fingerprint density at radius 1 is 1.19 bits per heavy atom. The molecule has 1 saturated heterocycles. The van der Waals surface area contributed by atoms with Crippen molar-refractivity contribution in [1.82, 2.24) is 29.9 Å². The van der Waals surface area contributed by atoms with Crippen molar-refractivity contribution in [2.45, 2.75) is 45.3 Å². The molecule has 11 heteroatoms. The Morgan fingerprint density at radius 2 is 2.03 bits per heavy atom. The third-order valence-electron chi connectivity index (χ3n) is 5.78. The van der Waals surface area contributed by atoms with Gasteiger partial charge in [-0.25, -0.2) is 14.6 Å². The summed E-state index contributed by atoms with van der Waals surface area (Å²) in [5.74, 6) is 0.481. The molecule has 3 aromatic heterocycles. The molecule has 32 heavy (non-hydrogen) atoms. The minimum atomic E-state index is -4.50. The van der Waals surface area contributed by atoms with Gasteiger partial charge in [0, 0.05) is 31.8 Å². The van der Waals surface area contributed by atoms with Gasteiger partial charge >= 0.3 is 6.18 Å². The third kappa shape index (κ3) is 4.05. The highest BCUT2D eigenvalue weighted by molar-refractivity contribution is 5.33. The summed E-state index contributed by atoms with van der Waals surface area (Å²) < 4.78 is 51.2. The van der Waals surface area contributed by atoms with Crippen LogP contribution in [0.2, 0.25) is 0 Å². The normalized spacial score (nSPS) is 18.8. The van der Waals surface area contributed by atoms with E-state index in [0.29, 0.717) is 23.0 Å². The molecule has 8 nitrogen and oxygen atoms in total. The van der Waals surface area contributed by atoms with Gasteiger partial charge < -0.3 is 9.47 Å². The number of hydrogen-bond acceptors (Lipinski definition) is 7. The molecule has 0 radical (unpaired) electrons. The number of hydrogen-bond donors (Lipinski definition) is 0. The molecule has 0 bridgehead atoms. The van der Waals surface area contributed by atoms with Crippen molar-refractivity contribution < 1.29 is 22.6 Å². The smallest absolute Gasteiger partial charge is 0.433 e. The Morgan fingerprint density at radius 3 is 2.72 bits per heavy atom. The molecule has 168 valence electrons. The van der Waals surface area contributed by atoms with Gasteiger partial charge in [0.15, 0.2) is 0 Å². The monoisotopic (exact) mass is 446 g/mol. The molecule has 3 aromatic rings. The Hall–Kier alpha value is -3.05. The van der Waals surface area contributed by atoms with Crippen molar-refractivity contribution in [3.63, 3.8) is 0 Å². The summed E-state index contributed by atoms with van der Waals surface area (Å²) in [4.78, 5) is 10.2. The molecule has 1 unspecified atom stereocenters. The number of rotatable bonds is 5. The zero-order valence-corrected chi connectivity index (χ0v) is 17.3. The van der Waals surface area contributed by atoms with Crippen molar-refractivity contribution in [2.24, 2.45) is 0 Å². The maximum atomic E-state index is 12.8. The first-order valence-electron chi connectivity index (χ1n) is 10.3. The number of nitrogens with zero attached hydrogens (tertiary/aromatic N) is 6. The van der Waals surface area contributed by atoms with E-state index in [1.807, 2.05) is 12.3 Å². The minimum Gasteiger partial charge on any atom is -0.471 e. The topological polar surface area (TPSA) is 78.2 Å². The predicted octanol–water partition coefficient (Wildman–Crippen LogP) is 3.07. The second-order valence-corrected chi connectivity index (χ2v) is 7.85. The van der Waals surface area contributed by atoms with Crippen LogP contribution in [0.1, 0.15) is 34.6 Å². The molecule has 2 aliphatic rings. The van der Waals surface area contributed by atoms with E-state index in [9.17, 15) is 13.2 Å². The van der Waals surface area contributed by atoms with Crippen molar-refractivity contribution >= 4 is 0 Å². The fourth-order valence-corrected chi connectivity index (χ4v) is 3.85. The van der Waals surface area contributed by atoms with Crippen molar-refractivity contribution in [3.05, 3.63) is 58.8 Å². The SMILES string of the molecule is Cc1nnn(-c2ccc(C(F)(F)F)nc2)c1COc1cc2c(cn1)CN(C1CCO1)CC2. The number of aromatic nitrogens is 5. The van der Waals surface area contributed by atoms with Crippen LogP contribution in [0, 0.1) is 6.92 Å². The van der Waals surface area contributed by atoms with Gasteiger partial charge in [-0.15, -0.1) is 5.10 Å². The molecular weight excluding hydrogens is 425 g/mol. The lowest BCUT2D eigenvalue weighted by molar-refractivity contribution is -0.149. The van der Waals surface area contributed by atoms with Crippen LogP contribution in [-0.2, 0) is 30.5 Å². The molecule has 5 heterocycles. The summed E-state index contributed by atoms with van der Waals surface area (Å²) in [6, 6.07) is 4.17. The number of pyridine rings is 2. The first kappa shape index (κ1) is 20.8. The van der Waals surface area contributed by atoms with Gasteiger partial charge in [0.2, 0.25) is 5.88 Å². The first-order chi connectivity index (χ1) is 15.4. The lowest BCUT2D eigenvalue weighted by atomic mass is 10.0. The van der Waals surface area contributed by atoms with Crippen LogP contribution in [0.3, 0.4) is 0 Å². The number of alkyl halides is 3. The highest BCUT2D eigenvalue weighted by atomic mass is 19.4. The molecule has 0 aromatic carbocycles. The Labute approximate surface area is 182 Å². The summed E-state index contributed by atoms with van der Waals surface area (Å²) in [6.07, 6.45) is 0.633. The molecule has 1 fully saturated rings. The molecule has 1 atom stereocenters. The number of halogens is 3. The van der Waals surface area contributed by atoms with E-state index < -0.39 is 11.9 Å². The summed E-state index contributed by atoms with van der Waals surface area (Å²) in [7, 11) is 0. The van der Waals surface area contributed by atoms with Crippen LogP contribution in [0.15, 0.2) is 30.6 Å². The van der Waals surface area contributed by atoms with Crippen LogP contribution in [-0.4, -0.2) is 49.2 Å². The standard InChI is InChI=1S/C21H21F3N6O2/c1-13-17(30(28-27-13)16-2-3-18(25-10-16)21(22,23)24)12-32-19-8-14-4-6-29(20-5-7-31-20)11-15(14)9-26-19/h2-3,8-10,20H,4-7,11-12H2,1H3. The average Bonchev–Trinajstić information content (AvgIpc) is 3.11. The molecule has 0 amide bonds. The van der Waals surface area contributed by atoms with Crippen molar-refractivity contribution in [2.75, 3.05) is 13.2 Å². The second kappa shape index (κ2) is 8.14. The maximum absolute atomic E-state index is 12.8. The van der Waals surface area contributed by atoms with Gasteiger partial charge in [-0.05, 0) is 36.6 Å². The zero-order chi connectivity index (χ0) is 22.3. The second-order valence-electron chi connectivity index (χ2n) is 7.85. The number of ether oxygens (including phenoxy) is 2. The van der Waals surface area contributed by atoms with Gasteiger partial charge in [0.25, 0.3) is 0 Å². The predicted molar refractivity (Wildman–Crippen MR) is 106 cm³/mol. The fourth-order valence-electron chi connectivity index (χ4n) is 3.85. The summed E-state index contributed by atoms with van der Waals surface area (Å²) in [5.41, 5.74) is 2.99. The van der Waals surface area contributed by atoms with E-state index in [1.54, 1.807) is 6.92 Å². The highest BCUT2D eigenvalue weighted by Crippen LogP contribution is 2.29. The molecule has 0 spiro atoms. The van der Waals surface area contributed by atoms with Crippen LogP contribution in [0.4, 0.5) is 13.2 Å². The lowest BCUT2D eigenvalue weighted by Crippen LogP contribution is -2.46. The fraction of sp³-hybridized carbons (Fsp3) is 0.429. The van der Waals surface area contributed by atoms with Crippen LogP contribution in [0.25, 0.3) is 5.69 Å². The first-order valence-corrected chi connectivity index (χ1v) is 10.3. The van der Waals surface area contributed by atoms with Crippen LogP contribution < -0.4 is 4.74 Å². The Kier molecular flexibility index (Phi) is 5.30. The zero-order valence-electron chi connectivity index (χ0n) is 17.3. The van der Waals surface area contributed by atoms with Gasteiger partial charge in [-0.2, -0.15) is 13.2 Å². The third-order valence-corrected chi connectivity index (χ3v) is 5.78. The minimum absolute atomic E-state index is 0.119. The molecule has 5 rings (SSSR count). The van der Waals surface area contributed by atoms with Crippen molar-refractivity contribution in [3.8, 4) is 11.6 Å². The van der Waals surface area contributed by atoms with Gasteiger partial charge in [0.1, 0.15) is 24.2 Å². The number of aryl methyl sites for hydroxylation is 1. The average molecular weight is 446 g/mol. The van der Waals surface area contributed by atoms with E-state index in [-0.39, 0.29) is 12.8 Å². The maximum Gasteiger partial charge on any atom is 0.433 e. The van der Waals surface area contributed by atoms with E-state index >= 15 is 0 Å². The van der Waals surface area contributed by atoms with E-state index in [2.05, 4.69) is 25.2 Å². The van der Waals surface area contributed by atoms with E-state index in [1.165, 1.54) is 16.3 Å². The number of fused-ring (bicyclic) bond motifs is 1. The summed E-state index contributed by atoms with van der Waals surface area (Å²) in [6.45, 7) is 4.44. The van der Waals surface area contributed by atoms with Crippen LogP contribution >= 0.6 is 0 Å². The molecule has 0 aliphatic carbocycles. The molecule has 2 aliphatic heterocycles. The van der Waals surface area contributed by atoms with Gasteiger partial charge in [-0.3, -0.25) is 4.90 Å². The van der Waals surface area contributed by atoms with Gasteiger partial charge in [-0.1, -0.05) is 5.21 Å². The molecule has 0 N–H and O–H groups in total. The summed E-state index contributed by atoms with van der Waals surface area (Å²) >= 11 is 0. The Bertz CT molecular complexity index is 1110. The summed E-state index contributed by atoms with van der Waals surface area (Å²) in [5, 5.41) is 8.06. The molecule has 0 saturated carbocycles. The largest absolute Gasteiger partial charge is 0.471 e. The van der Waals surface area contributed by atoms with Crippen LogP contribution in [0.5, 0.6) is 5.88 Å². The highest BCUT2D eigenvalue weighted by Gasteiger charge is 2.32. The lowest BCUT2D eigenvalue weighted by Gasteiger charge is -2.39. The quantitative estimate of drug-likeness (QED) is 0.596. The Balaban J connectivity index is 1.29. The van der Waals surface area contributed by atoms with E-state index in [4.69, 9.17) is 9.47 Å². The van der Waals surface area contributed by atoms with E-state index in [0.717, 1.165) is 50.4 Å². The van der Waals surface area contributed by atoms with Crippen molar-refractivity contribution in [1.29, 1.82) is 0 Å². The van der Waals surface area contributed by atoms with Gasteiger partial charge in [0.05, 0.1) is 24.2 Å². The molecular formula is C21H21F3N6O2.